The van der Waals surface area contributed by atoms with Gasteiger partial charge < -0.3 is 0 Å². The average Bonchev–Trinajstić information content (AvgIpc) is 2.84. The number of hydrazone groups is 1. The summed E-state index contributed by atoms with van der Waals surface area (Å²) in [4.78, 5) is 12.6. The van der Waals surface area contributed by atoms with Crippen LogP contribution in [-0.2, 0) is 4.79 Å². The van der Waals surface area contributed by atoms with E-state index in [2.05, 4.69) is 24.2 Å². The average molecular weight is 290 g/mol. The van der Waals surface area contributed by atoms with Crippen LogP contribution in [0.5, 0.6) is 0 Å². The second kappa shape index (κ2) is 5.98. The van der Waals surface area contributed by atoms with Crippen molar-refractivity contribution in [2.24, 2.45) is 5.10 Å². The van der Waals surface area contributed by atoms with Crippen molar-refractivity contribution in [3.05, 3.63) is 77.9 Å². The number of anilines is 1. The first-order chi connectivity index (χ1) is 10.7. The highest BCUT2D eigenvalue weighted by atomic mass is 16.2. The molecule has 0 fully saturated rings. The van der Waals surface area contributed by atoms with Crippen molar-refractivity contribution in [2.45, 2.75) is 19.8 Å². The van der Waals surface area contributed by atoms with E-state index in [1.807, 2.05) is 61.5 Å². The van der Waals surface area contributed by atoms with Crippen LogP contribution in [0, 0.1) is 0 Å². The molecule has 0 N–H and O–H groups in total. The monoisotopic (exact) mass is 290 g/mol. The minimum atomic E-state index is -0.0634. The third kappa shape index (κ3) is 2.70. The summed E-state index contributed by atoms with van der Waals surface area (Å²) in [5.41, 5.74) is 3.42. The van der Waals surface area contributed by atoms with Crippen LogP contribution in [0.25, 0.3) is 0 Å². The first kappa shape index (κ1) is 14.3. The van der Waals surface area contributed by atoms with Crippen molar-refractivity contribution in [3.63, 3.8) is 0 Å². The number of carbonyl (C=O) groups excluding carboxylic acids is 1. The molecule has 0 saturated carbocycles. The van der Waals surface area contributed by atoms with Gasteiger partial charge in [0.25, 0.3) is 5.91 Å². The quantitative estimate of drug-likeness (QED) is 0.782. The molecule has 1 atom stereocenters. The van der Waals surface area contributed by atoms with Crippen LogP contribution in [-0.4, -0.2) is 11.6 Å². The van der Waals surface area contributed by atoms with E-state index < -0.39 is 0 Å². The van der Waals surface area contributed by atoms with Crippen molar-refractivity contribution in [1.29, 1.82) is 0 Å². The Morgan fingerprint density at radius 2 is 1.59 bits per heavy atom. The Bertz CT molecular complexity index is 733. The molecule has 0 aromatic heterocycles. The lowest BCUT2D eigenvalue weighted by atomic mass is 9.97. The fourth-order valence-corrected chi connectivity index (χ4v) is 2.56. The SMILES string of the molecule is CC1=NN(c2ccccc2)C(=O)/C1=C\C(C)c1ccccc1. The molecule has 0 spiro atoms. The third-order valence-corrected chi connectivity index (χ3v) is 3.81. The molecular formula is C19H18N2O. The maximum absolute atomic E-state index is 12.6. The molecule has 1 aliphatic heterocycles. The van der Waals surface area contributed by atoms with Gasteiger partial charge in [-0.25, -0.2) is 0 Å². The van der Waals surface area contributed by atoms with E-state index in [4.69, 9.17) is 0 Å². The molecule has 0 bridgehead atoms. The van der Waals surface area contributed by atoms with E-state index in [1.165, 1.54) is 10.6 Å². The van der Waals surface area contributed by atoms with Gasteiger partial charge in [-0.15, -0.1) is 0 Å². The van der Waals surface area contributed by atoms with Gasteiger partial charge in [-0.3, -0.25) is 4.79 Å². The lowest BCUT2D eigenvalue weighted by Gasteiger charge is -2.12. The van der Waals surface area contributed by atoms with Crippen LogP contribution in [0.4, 0.5) is 5.69 Å². The second-order valence-corrected chi connectivity index (χ2v) is 5.42. The normalized spacial score (nSPS) is 17.7. The number of benzene rings is 2. The maximum atomic E-state index is 12.6. The Hall–Kier alpha value is -2.68. The molecule has 3 nitrogen and oxygen atoms in total. The number of amides is 1. The largest absolute Gasteiger partial charge is 0.280 e. The minimum absolute atomic E-state index is 0.0634. The number of allylic oxidation sites excluding steroid dienone is 1. The summed E-state index contributed by atoms with van der Waals surface area (Å²) in [6.45, 7) is 3.97. The molecule has 110 valence electrons. The molecular weight excluding hydrogens is 272 g/mol. The highest BCUT2D eigenvalue weighted by Crippen LogP contribution is 2.26. The van der Waals surface area contributed by atoms with E-state index in [0.29, 0.717) is 5.57 Å². The van der Waals surface area contributed by atoms with Crippen molar-refractivity contribution in [3.8, 4) is 0 Å². The maximum Gasteiger partial charge on any atom is 0.280 e. The van der Waals surface area contributed by atoms with Crippen LogP contribution < -0.4 is 5.01 Å². The highest BCUT2D eigenvalue weighted by Gasteiger charge is 2.28. The summed E-state index contributed by atoms with van der Waals surface area (Å²) >= 11 is 0. The Morgan fingerprint density at radius 3 is 2.23 bits per heavy atom. The van der Waals surface area contributed by atoms with E-state index in [-0.39, 0.29) is 11.8 Å². The van der Waals surface area contributed by atoms with Gasteiger partial charge >= 0.3 is 0 Å². The van der Waals surface area contributed by atoms with Crippen LogP contribution in [0.2, 0.25) is 0 Å². The summed E-state index contributed by atoms with van der Waals surface area (Å²) in [6.07, 6.45) is 2.00. The van der Waals surface area contributed by atoms with Gasteiger partial charge in [0.1, 0.15) is 0 Å². The zero-order valence-electron chi connectivity index (χ0n) is 12.7. The molecule has 22 heavy (non-hydrogen) atoms. The fraction of sp³-hybridized carbons (Fsp3) is 0.158. The summed E-state index contributed by atoms with van der Waals surface area (Å²) in [5.74, 6) is 0.104. The van der Waals surface area contributed by atoms with Crippen LogP contribution in [0.15, 0.2) is 77.4 Å². The molecule has 1 aliphatic rings. The van der Waals surface area contributed by atoms with Crippen LogP contribution >= 0.6 is 0 Å². The number of nitrogens with zero attached hydrogens (tertiary/aromatic N) is 2. The van der Waals surface area contributed by atoms with Crippen molar-refractivity contribution >= 4 is 17.3 Å². The van der Waals surface area contributed by atoms with Crippen LogP contribution in [0.3, 0.4) is 0 Å². The zero-order valence-corrected chi connectivity index (χ0v) is 12.7. The molecule has 0 aliphatic carbocycles. The number of para-hydroxylation sites is 1. The van der Waals surface area contributed by atoms with Gasteiger partial charge in [-0.1, -0.05) is 61.5 Å². The van der Waals surface area contributed by atoms with Crippen molar-refractivity contribution in [1.82, 2.24) is 0 Å². The highest BCUT2D eigenvalue weighted by molar-refractivity contribution is 6.29. The molecule has 1 amide bonds. The molecule has 2 aromatic carbocycles. The lowest BCUT2D eigenvalue weighted by molar-refractivity contribution is -0.114. The van der Waals surface area contributed by atoms with Crippen LogP contribution in [0.1, 0.15) is 25.3 Å². The van der Waals surface area contributed by atoms with Gasteiger partial charge in [0.05, 0.1) is 17.0 Å². The van der Waals surface area contributed by atoms with Crippen molar-refractivity contribution < 1.29 is 4.79 Å². The summed E-state index contributed by atoms with van der Waals surface area (Å²) in [6, 6.07) is 19.7. The number of rotatable bonds is 3. The fourth-order valence-electron chi connectivity index (χ4n) is 2.56. The van der Waals surface area contributed by atoms with E-state index >= 15 is 0 Å². The Morgan fingerprint density at radius 1 is 1.00 bits per heavy atom. The minimum Gasteiger partial charge on any atom is -0.267 e. The lowest BCUT2D eigenvalue weighted by Crippen LogP contribution is -2.21. The predicted octanol–water partition coefficient (Wildman–Crippen LogP) is 4.14. The molecule has 0 radical (unpaired) electrons. The second-order valence-electron chi connectivity index (χ2n) is 5.42. The first-order valence-corrected chi connectivity index (χ1v) is 7.38. The summed E-state index contributed by atoms with van der Waals surface area (Å²) < 4.78 is 0. The molecule has 2 aromatic rings. The molecule has 1 heterocycles. The van der Waals surface area contributed by atoms with E-state index in [1.54, 1.807) is 0 Å². The number of hydrogen-bond acceptors (Lipinski definition) is 2. The first-order valence-electron chi connectivity index (χ1n) is 7.38. The molecule has 3 heteroatoms. The smallest absolute Gasteiger partial charge is 0.267 e. The van der Waals surface area contributed by atoms with E-state index in [0.717, 1.165) is 11.4 Å². The topological polar surface area (TPSA) is 32.7 Å². The van der Waals surface area contributed by atoms with Gasteiger partial charge in [0.2, 0.25) is 0 Å². The predicted molar refractivity (Wildman–Crippen MR) is 90.0 cm³/mol. The summed E-state index contributed by atoms with van der Waals surface area (Å²) in [7, 11) is 0. The number of carbonyl (C=O) groups is 1. The van der Waals surface area contributed by atoms with E-state index in [9.17, 15) is 4.79 Å². The standard InChI is InChI=1S/C19H18N2O/c1-14(16-9-5-3-6-10-16)13-18-15(2)20-21(19(18)22)17-11-7-4-8-12-17/h3-14H,1-2H3/b18-13-. The summed E-state index contributed by atoms with van der Waals surface area (Å²) in [5, 5.41) is 5.87. The molecule has 0 saturated heterocycles. The van der Waals surface area contributed by atoms with Gasteiger partial charge in [-0.05, 0) is 24.6 Å². The van der Waals surface area contributed by atoms with Crippen molar-refractivity contribution in [2.75, 3.05) is 5.01 Å². The third-order valence-electron chi connectivity index (χ3n) is 3.81. The van der Waals surface area contributed by atoms with Gasteiger partial charge in [-0.2, -0.15) is 10.1 Å². The Kier molecular flexibility index (Phi) is 3.88. The van der Waals surface area contributed by atoms with Gasteiger partial charge in [0, 0.05) is 5.92 Å². The number of hydrogen-bond donors (Lipinski definition) is 0. The Labute approximate surface area is 130 Å². The Balaban J connectivity index is 1.89. The van der Waals surface area contributed by atoms with Gasteiger partial charge in [0.15, 0.2) is 0 Å². The molecule has 1 unspecified atom stereocenters. The zero-order chi connectivity index (χ0) is 15.5. The molecule has 3 rings (SSSR count).